The van der Waals surface area contributed by atoms with Gasteiger partial charge in [-0.05, 0) is 113 Å². The van der Waals surface area contributed by atoms with E-state index in [4.69, 9.17) is 8.37 Å². The number of nitrogens with zero attached hydrogens (tertiary/aromatic N) is 2. The van der Waals surface area contributed by atoms with E-state index in [0.29, 0.717) is 9.79 Å². The second kappa shape index (κ2) is 9.67. The van der Waals surface area contributed by atoms with Crippen molar-refractivity contribution in [1.29, 1.82) is 0 Å². The van der Waals surface area contributed by atoms with Crippen LogP contribution >= 0.6 is 0 Å². The number of rotatable bonds is 6. The molecule has 0 saturated carbocycles. The van der Waals surface area contributed by atoms with Crippen LogP contribution in [0, 0.1) is 0 Å². The number of benzene rings is 1. The Morgan fingerprint density at radius 1 is 0.676 bits per heavy atom. The quantitative estimate of drug-likeness (QED) is 0.531. The fraction of sp³-hybridized carbons (Fsp3) is 0.769. The van der Waals surface area contributed by atoms with Crippen LogP contribution in [0.1, 0.15) is 81.1 Å². The Morgan fingerprint density at radius 3 is 1.26 bits per heavy atom. The Balaban J connectivity index is 1.69. The fourth-order valence-electron chi connectivity index (χ4n) is 5.74. The minimum atomic E-state index is -1.64. The molecule has 2 fully saturated rings. The first-order valence-electron chi connectivity index (χ1n) is 12.2. The molecule has 194 valence electrons. The Kier molecular flexibility index (Phi) is 7.95. The van der Waals surface area contributed by atoms with Crippen LogP contribution in [0.2, 0.25) is 0 Å². The van der Waals surface area contributed by atoms with Crippen LogP contribution in [0.25, 0.3) is 0 Å². The van der Waals surface area contributed by atoms with E-state index in [1.165, 1.54) is 0 Å². The summed E-state index contributed by atoms with van der Waals surface area (Å²) in [4.78, 5) is 5.78. The molecule has 2 heterocycles. The number of piperidine rings is 2. The molecule has 0 bridgehead atoms. The molecule has 1 aromatic rings. The van der Waals surface area contributed by atoms with Crippen LogP contribution in [-0.4, -0.2) is 66.7 Å². The van der Waals surface area contributed by atoms with Crippen molar-refractivity contribution in [3.8, 4) is 0 Å². The molecule has 1 aromatic carbocycles. The van der Waals surface area contributed by atoms with Crippen molar-refractivity contribution in [1.82, 2.24) is 9.80 Å². The monoisotopic (exact) mass is 512 g/mol. The summed E-state index contributed by atoms with van der Waals surface area (Å²) in [6.45, 7) is 17.6. The van der Waals surface area contributed by atoms with Crippen molar-refractivity contribution in [2.75, 3.05) is 14.1 Å². The van der Waals surface area contributed by atoms with Crippen LogP contribution in [-0.2, 0) is 30.5 Å². The van der Waals surface area contributed by atoms with Crippen LogP contribution in [0.3, 0.4) is 0 Å². The summed E-state index contributed by atoms with van der Waals surface area (Å²) >= 11 is -3.27. The van der Waals surface area contributed by atoms with Gasteiger partial charge >= 0.3 is 0 Å². The maximum absolute atomic E-state index is 13.1. The van der Waals surface area contributed by atoms with E-state index in [0.717, 1.165) is 25.7 Å². The molecule has 8 heteroatoms. The van der Waals surface area contributed by atoms with E-state index in [1.54, 1.807) is 24.3 Å². The molecule has 2 atom stereocenters. The van der Waals surface area contributed by atoms with Crippen molar-refractivity contribution in [2.24, 2.45) is 0 Å². The van der Waals surface area contributed by atoms with Crippen LogP contribution in [0.5, 0.6) is 0 Å². The molecular weight excluding hydrogens is 468 g/mol. The van der Waals surface area contributed by atoms with Gasteiger partial charge < -0.3 is 0 Å². The van der Waals surface area contributed by atoms with Crippen LogP contribution in [0.15, 0.2) is 34.1 Å². The predicted octanol–water partition coefficient (Wildman–Crippen LogP) is 5.07. The molecule has 0 radical (unpaired) electrons. The van der Waals surface area contributed by atoms with E-state index in [1.807, 2.05) is 0 Å². The highest BCUT2D eigenvalue weighted by atomic mass is 32.2. The maximum Gasteiger partial charge on any atom is 0.189 e. The molecular formula is C26H44N2O4S2. The van der Waals surface area contributed by atoms with Crippen molar-refractivity contribution in [2.45, 2.75) is 125 Å². The third-order valence-electron chi connectivity index (χ3n) is 8.18. The second-order valence-electron chi connectivity index (χ2n) is 12.6. The van der Waals surface area contributed by atoms with Crippen LogP contribution in [0.4, 0.5) is 0 Å². The molecule has 3 rings (SSSR count). The van der Waals surface area contributed by atoms with Crippen molar-refractivity contribution >= 4 is 22.2 Å². The SMILES string of the molecule is CN1C(C)(C)CC(OS(=O)c2cccc(S(=O)OC3CC(C)(C)N(C)C(C)(C)C3)c2)CC1(C)C. The Hall–Kier alpha value is -0.640. The lowest BCUT2D eigenvalue weighted by molar-refractivity contribution is -0.0526. The molecule has 2 aliphatic rings. The van der Waals surface area contributed by atoms with Crippen molar-refractivity contribution in [3.05, 3.63) is 24.3 Å². The molecule has 0 aliphatic carbocycles. The summed E-state index contributed by atoms with van der Waals surface area (Å²) in [5, 5.41) is 0. The number of hydrogen-bond acceptors (Lipinski definition) is 6. The summed E-state index contributed by atoms with van der Waals surface area (Å²) < 4.78 is 38.3. The zero-order valence-corrected chi connectivity index (χ0v) is 24.3. The first kappa shape index (κ1) is 27.9. The van der Waals surface area contributed by atoms with Gasteiger partial charge in [0.1, 0.15) is 0 Å². The highest BCUT2D eigenvalue weighted by Crippen LogP contribution is 2.40. The third-order valence-corrected chi connectivity index (χ3v) is 10.3. The molecule has 6 nitrogen and oxygen atoms in total. The van der Waals surface area contributed by atoms with Gasteiger partial charge in [-0.15, -0.1) is 0 Å². The average Bonchev–Trinajstić information content (AvgIpc) is 2.69. The molecule has 0 aromatic heterocycles. The normalized spacial score (nSPS) is 27.4. The molecule has 2 unspecified atom stereocenters. The molecule has 34 heavy (non-hydrogen) atoms. The van der Waals surface area contributed by atoms with Gasteiger partial charge in [0.2, 0.25) is 0 Å². The first-order valence-corrected chi connectivity index (χ1v) is 14.4. The number of hydrogen-bond donors (Lipinski definition) is 0. The van der Waals surface area contributed by atoms with E-state index < -0.39 is 22.2 Å². The van der Waals surface area contributed by atoms with Gasteiger partial charge in [-0.25, -0.2) is 8.42 Å². The van der Waals surface area contributed by atoms with Gasteiger partial charge in [0.05, 0.1) is 22.0 Å². The van der Waals surface area contributed by atoms with Gasteiger partial charge in [0, 0.05) is 22.2 Å². The zero-order chi connectivity index (χ0) is 25.7. The maximum atomic E-state index is 13.1. The lowest BCUT2D eigenvalue weighted by Gasteiger charge is -2.53. The molecule has 2 aliphatic heterocycles. The molecule has 2 saturated heterocycles. The van der Waals surface area contributed by atoms with E-state index >= 15 is 0 Å². The van der Waals surface area contributed by atoms with Crippen LogP contribution < -0.4 is 0 Å². The largest absolute Gasteiger partial charge is 0.296 e. The standard InChI is InChI=1S/C26H44N2O4S2/c1-23(2)15-19(16-24(3,4)27(23)9)31-33(29)21-12-11-13-22(14-21)34(30)32-20-17-25(5,6)28(10)26(7,8)18-20/h11-14,19-20H,15-18H2,1-10H3. The molecule has 0 N–H and O–H groups in total. The lowest BCUT2D eigenvalue weighted by Crippen LogP contribution is -2.60. The average molecular weight is 513 g/mol. The van der Waals surface area contributed by atoms with E-state index in [2.05, 4.69) is 79.3 Å². The van der Waals surface area contributed by atoms with Gasteiger partial charge in [0.15, 0.2) is 22.2 Å². The van der Waals surface area contributed by atoms with Gasteiger partial charge in [0.25, 0.3) is 0 Å². The summed E-state index contributed by atoms with van der Waals surface area (Å²) in [6, 6.07) is 7.01. The van der Waals surface area contributed by atoms with Gasteiger partial charge in [-0.3, -0.25) is 18.2 Å². The summed E-state index contributed by atoms with van der Waals surface area (Å²) in [5.41, 5.74) is -0.209. The zero-order valence-electron chi connectivity index (χ0n) is 22.6. The van der Waals surface area contributed by atoms with Crippen molar-refractivity contribution in [3.63, 3.8) is 0 Å². The van der Waals surface area contributed by atoms with E-state index in [9.17, 15) is 8.42 Å². The Morgan fingerprint density at radius 2 is 0.971 bits per heavy atom. The smallest absolute Gasteiger partial charge is 0.189 e. The minimum absolute atomic E-state index is 0.0522. The first-order chi connectivity index (χ1) is 15.4. The highest BCUT2D eigenvalue weighted by molar-refractivity contribution is 7.81. The Labute approximate surface area is 212 Å². The highest BCUT2D eigenvalue weighted by Gasteiger charge is 2.45. The predicted molar refractivity (Wildman–Crippen MR) is 139 cm³/mol. The van der Waals surface area contributed by atoms with Crippen molar-refractivity contribution < 1.29 is 16.8 Å². The molecule has 0 amide bonds. The topological polar surface area (TPSA) is 59.1 Å². The van der Waals surface area contributed by atoms with Gasteiger partial charge in [-0.2, -0.15) is 0 Å². The fourth-order valence-corrected chi connectivity index (χ4v) is 7.62. The van der Waals surface area contributed by atoms with Gasteiger partial charge in [-0.1, -0.05) is 6.07 Å². The number of likely N-dealkylation sites (tertiary alicyclic amines) is 2. The second-order valence-corrected chi connectivity index (χ2v) is 14.8. The third kappa shape index (κ3) is 6.01. The Bertz CT molecular complexity index is 837. The summed E-state index contributed by atoms with van der Waals surface area (Å²) in [7, 11) is 4.27. The minimum Gasteiger partial charge on any atom is -0.296 e. The summed E-state index contributed by atoms with van der Waals surface area (Å²) in [5.74, 6) is 0. The summed E-state index contributed by atoms with van der Waals surface area (Å²) in [6.07, 6.45) is 2.97. The molecule has 0 spiro atoms. The van der Waals surface area contributed by atoms with E-state index in [-0.39, 0.29) is 34.4 Å². The lowest BCUT2D eigenvalue weighted by atomic mass is 9.79.